The van der Waals surface area contributed by atoms with Crippen molar-refractivity contribution in [2.24, 2.45) is 0 Å². The summed E-state index contributed by atoms with van der Waals surface area (Å²) in [5.41, 5.74) is 2.71. The Balaban J connectivity index is 2.36. The number of rotatable bonds is 3. The lowest BCUT2D eigenvalue weighted by Gasteiger charge is -2.29. The van der Waals surface area contributed by atoms with Crippen LogP contribution in [0.25, 0.3) is 0 Å². The van der Waals surface area contributed by atoms with Crippen LogP contribution in [0.3, 0.4) is 0 Å². The predicted octanol–water partition coefficient (Wildman–Crippen LogP) is 4.27. The second kappa shape index (κ2) is 7.61. The number of anilines is 1. The standard InChI is InChI=1S/C15H19ClINO2/c1-11(17)12-8-13(10-19)15(16)14(9-12)18-4-2-6-20-7-3-5-18/h8-11H,2-7H2,1H3. The predicted molar refractivity (Wildman–Crippen MR) is 91.5 cm³/mol. The maximum atomic E-state index is 11.2. The lowest BCUT2D eigenvalue weighted by molar-refractivity contribution is 0.112. The number of halogens is 2. The minimum atomic E-state index is 0.348. The monoisotopic (exact) mass is 407 g/mol. The van der Waals surface area contributed by atoms with Crippen LogP contribution >= 0.6 is 34.2 Å². The van der Waals surface area contributed by atoms with Gasteiger partial charge in [-0.1, -0.05) is 34.2 Å². The molecule has 1 aliphatic rings. The number of alkyl halides is 1. The van der Waals surface area contributed by atoms with Gasteiger partial charge in [0, 0.05) is 35.8 Å². The van der Waals surface area contributed by atoms with Gasteiger partial charge in [-0.2, -0.15) is 0 Å². The number of ether oxygens (including phenoxy) is 1. The van der Waals surface area contributed by atoms with Crippen LogP contribution in [0.4, 0.5) is 5.69 Å². The molecule has 1 aromatic rings. The van der Waals surface area contributed by atoms with Gasteiger partial charge in [-0.3, -0.25) is 4.79 Å². The van der Waals surface area contributed by atoms with Crippen LogP contribution in [0, 0.1) is 0 Å². The highest BCUT2D eigenvalue weighted by Crippen LogP contribution is 2.35. The van der Waals surface area contributed by atoms with Gasteiger partial charge < -0.3 is 9.64 Å². The summed E-state index contributed by atoms with van der Waals surface area (Å²) in [4.78, 5) is 13.5. The van der Waals surface area contributed by atoms with Gasteiger partial charge >= 0.3 is 0 Å². The third-order valence-electron chi connectivity index (χ3n) is 3.46. The summed E-state index contributed by atoms with van der Waals surface area (Å²) in [5.74, 6) is 0. The Bertz CT molecular complexity index is 471. The van der Waals surface area contributed by atoms with Gasteiger partial charge in [-0.25, -0.2) is 0 Å². The van der Waals surface area contributed by atoms with Crippen molar-refractivity contribution >= 4 is 46.2 Å². The number of hydrogen-bond acceptors (Lipinski definition) is 3. The van der Waals surface area contributed by atoms with E-state index in [1.54, 1.807) is 0 Å². The molecular weight excluding hydrogens is 389 g/mol. The summed E-state index contributed by atoms with van der Waals surface area (Å²) in [6, 6.07) is 4.01. The van der Waals surface area contributed by atoms with Gasteiger partial charge in [0.05, 0.1) is 10.7 Å². The fraction of sp³-hybridized carbons (Fsp3) is 0.533. The molecule has 0 spiro atoms. The molecule has 0 saturated carbocycles. The van der Waals surface area contributed by atoms with Crippen LogP contribution < -0.4 is 4.90 Å². The maximum Gasteiger partial charge on any atom is 0.151 e. The molecule has 110 valence electrons. The fourth-order valence-electron chi connectivity index (χ4n) is 2.37. The van der Waals surface area contributed by atoms with Crippen molar-refractivity contribution in [1.82, 2.24) is 0 Å². The molecule has 1 atom stereocenters. The fourth-order valence-corrected chi connectivity index (χ4v) is 3.00. The molecule has 1 saturated heterocycles. The van der Waals surface area contributed by atoms with Crippen LogP contribution in [0.1, 0.15) is 39.6 Å². The largest absolute Gasteiger partial charge is 0.381 e. The van der Waals surface area contributed by atoms with Crippen molar-refractivity contribution in [3.63, 3.8) is 0 Å². The number of carbonyl (C=O) groups is 1. The Kier molecular flexibility index (Phi) is 6.11. The Hall–Kier alpha value is -0.330. The van der Waals surface area contributed by atoms with E-state index in [1.165, 1.54) is 0 Å². The second-order valence-electron chi connectivity index (χ2n) is 4.98. The van der Waals surface area contributed by atoms with Crippen molar-refractivity contribution in [2.75, 3.05) is 31.2 Å². The van der Waals surface area contributed by atoms with Crippen molar-refractivity contribution in [3.05, 3.63) is 28.3 Å². The summed E-state index contributed by atoms with van der Waals surface area (Å²) in [6.07, 6.45) is 2.81. The molecule has 1 fully saturated rings. The van der Waals surface area contributed by atoms with E-state index >= 15 is 0 Å². The molecule has 20 heavy (non-hydrogen) atoms. The molecular formula is C15H19ClINO2. The lowest BCUT2D eigenvalue weighted by Crippen LogP contribution is -2.30. The summed E-state index contributed by atoms with van der Waals surface area (Å²) >= 11 is 8.76. The zero-order valence-corrected chi connectivity index (χ0v) is 14.5. The Labute approximate surface area is 138 Å². The van der Waals surface area contributed by atoms with E-state index in [4.69, 9.17) is 16.3 Å². The highest BCUT2D eigenvalue weighted by atomic mass is 127. The second-order valence-corrected chi connectivity index (χ2v) is 7.23. The molecule has 1 aromatic carbocycles. The van der Waals surface area contributed by atoms with E-state index in [0.717, 1.165) is 56.7 Å². The van der Waals surface area contributed by atoms with E-state index in [2.05, 4.69) is 40.5 Å². The van der Waals surface area contributed by atoms with E-state index in [9.17, 15) is 4.79 Å². The zero-order chi connectivity index (χ0) is 14.5. The molecule has 0 N–H and O–H groups in total. The Morgan fingerprint density at radius 1 is 1.35 bits per heavy atom. The van der Waals surface area contributed by atoms with Crippen LogP contribution in [0.2, 0.25) is 5.02 Å². The van der Waals surface area contributed by atoms with Crippen LogP contribution in [0.15, 0.2) is 12.1 Å². The van der Waals surface area contributed by atoms with Crippen LogP contribution in [-0.2, 0) is 4.74 Å². The minimum absolute atomic E-state index is 0.348. The van der Waals surface area contributed by atoms with Crippen molar-refractivity contribution in [1.29, 1.82) is 0 Å². The molecule has 1 aliphatic heterocycles. The molecule has 3 nitrogen and oxygen atoms in total. The first kappa shape index (κ1) is 16.0. The van der Waals surface area contributed by atoms with Gasteiger partial charge in [0.2, 0.25) is 0 Å². The smallest absolute Gasteiger partial charge is 0.151 e. The molecule has 0 radical (unpaired) electrons. The van der Waals surface area contributed by atoms with Crippen molar-refractivity contribution in [2.45, 2.75) is 23.7 Å². The highest BCUT2D eigenvalue weighted by Gasteiger charge is 2.17. The average Bonchev–Trinajstić information content (AvgIpc) is 2.39. The van der Waals surface area contributed by atoms with Gasteiger partial charge in [-0.15, -0.1) is 0 Å². The SMILES string of the molecule is CC(I)c1cc(C=O)c(Cl)c(N2CCCOCCC2)c1. The molecule has 0 bridgehead atoms. The third kappa shape index (κ3) is 3.86. The summed E-state index contributed by atoms with van der Waals surface area (Å²) in [6.45, 7) is 5.52. The normalized spacial score (nSPS) is 18.2. The van der Waals surface area contributed by atoms with Crippen LogP contribution in [-0.4, -0.2) is 32.6 Å². The molecule has 0 amide bonds. The average molecular weight is 408 g/mol. The number of aldehydes is 1. The van der Waals surface area contributed by atoms with Crippen LogP contribution in [0.5, 0.6) is 0 Å². The number of benzene rings is 1. The molecule has 1 unspecified atom stereocenters. The Morgan fingerprint density at radius 3 is 2.55 bits per heavy atom. The molecule has 0 aromatic heterocycles. The summed E-state index contributed by atoms with van der Waals surface area (Å²) < 4.78 is 5.83. The minimum Gasteiger partial charge on any atom is -0.381 e. The quantitative estimate of drug-likeness (QED) is 0.426. The van der Waals surface area contributed by atoms with Crippen molar-refractivity contribution in [3.8, 4) is 0 Å². The van der Waals surface area contributed by atoms with Gasteiger partial charge in [0.15, 0.2) is 6.29 Å². The van der Waals surface area contributed by atoms with Crippen molar-refractivity contribution < 1.29 is 9.53 Å². The molecule has 0 aliphatic carbocycles. The zero-order valence-electron chi connectivity index (χ0n) is 11.6. The first-order valence-electron chi connectivity index (χ1n) is 6.89. The van der Waals surface area contributed by atoms with E-state index in [0.29, 0.717) is 14.5 Å². The van der Waals surface area contributed by atoms with E-state index < -0.39 is 0 Å². The Morgan fingerprint density at radius 2 is 2.00 bits per heavy atom. The lowest BCUT2D eigenvalue weighted by atomic mass is 10.1. The first-order valence-corrected chi connectivity index (χ1v) is 8.51. The maximum absolute atomic E-state index is 11.2. The summed E-state index contributed by atoms with van der Waals surface area (Å²) in [5, 5.41) is 0.572. The molecule has 2 rings (SSSR count). The van der Waals surface area contributed by atoms with Gasteiger partial charge in [0.1, 0.15) is 0 Å². The summed E-state index contributed by atoms with van der Waals surface area (Å²) in [7, 11) is 0. The van der Waals surface area contributed by atoms with Gasteiger partial charge in [0.25, 0.3) is 0 Å². The first-order chi connectivity index (χ1) is 9.63. The third-order valence-corrected chi connectivity index (χ3v) is 4.60. The molecule has 5 heteroatoms. The number of nitrogens with zero attached hydrogens (tertiary/aromatic N) is 1. The highest BCUT2D eigenvalue weighted by molar-refractivity contribution is 14.1. The number of hydrogen-bond donors (Lipinski definition) is 0. The van der Waals surface area contributed by atoms with E-state index in [-0.39, 0.29) is 0 Å². The molecule has 1 heterocycles. The van der Waals surface area contributed by atoms with Gasteiger partial charge in [-0.05, 0) is 37.5 Å². The number of carbonyl (C=O) groups excluding carboxylic acids is 1. The topological polar surface area (TPSA) is 29.5 Å². The van der Waals surface area contributed by atoms with E-state index in [1.807, 2.05) is 6.07 Å².